The maximum atomic E-state index is 3.50. The number of nitrogens with one attached hydrogen (secondary N) is 1. The zero-order valence-electron chi connectivity index (χ0n) is 10.1. The fourth-order valence-corrected chi connectivity index (χ4v) is 2.12. The highest BCUT2D eigenvalue weighted by Crippen LogP contribution is 2.33. The fourth-order valence-electron chi connectivity index (χ4n) is 2.12. The lowest BCUT2D eigenvalue weighted by atomic mass is 9.75. The molecule has 0 aromatic rings. The minimum absolute atomic E-state index is 0.546. The monoisotopic (exact) mass is 185 g/mol. The van der Waals surface area contributed by atoms with Crippen molar-refractivity contribution in [3.05, 3.63) is 0 Å². The van der Waals surface area contributed by atoms with E-state index in [0.717, 1.165) is 12.5 Å². The highest BCUT2D eigenvalue weighted by molar-refractivity contribution is 4.79. The summed E-state index contributed by atoms with van der Waals surface area (Å²) >= 11 is 0. The van der Waals surface area contributed by atoms with Gasteiger partial charge >= 0.3 is 0 Å². The van der Waals surface area contributed by atoms with E-state index in [0.29, 0.717) is 5.41 Å². The maximum Gasteiger partial charge on any atom is 0.000758 e. The van der Waals surface area contributed by atoms with Gasteiger partial charge in [-0.3, -0.25) is 0 Å². The molecule has 1 nitrogen and oxygen atoms in total. The van der Waals surface area contributed by atoms with Crippen molar-refractivity contribution < 1.29 is 0 Å². The van der Waals surface area contributed by atoms with Gasteiger partial charge in [-0.25, -0.2) is 0 Å². The largest absolute Gasteiger partial charge is 0.316 e. The summed E-state index contributed by atoms with van der Waals surface area (Å²) in [6.07, 6.45) is 3.95. The van der Waals surface area contributed by atoms with E-state index in [4.69, 9.17) is 0 Å². The first-order valence-corrected chi connectivity index (χ1v) is 5.81. The van der Waals surface area contributed by atoms with Gasteiger partial charge in [0, 0.05) is 6.54 Å². The number of hydrogen-bond donors (Lipinski definition) is 1. The van der Waals surface area contributed by atoms with Crippen molar-refractivity contribution in [1.82, 2.24) is 5.32 Å². The molecule has 0 radical (unpaired) electrons. The van der Waals surface area contributed by atoms with E-state index in [9.17, 15) is 0 Å². The van der Waals surface area contributed by atoms with Crippen molar-refractivity contribution in [3.8, 4) is 0 Å². The Kier molecular flexibility index (Phi) is 6.40. The van der Waals surface area contributed by atoms with Crippen LogP contribution in [-0.2, 0) is 0 Å². The highest BCUT2D eigenvalue weighted by Gasteiger charge is 2.26. The lowest BCUT2D eigenvalue weighted by molar-refractivity contribution is 0.200. The number of rotatable bonds is 7. The van der Waals surface area contributed by atoms with Crippen LogP contribution in [0.5, 0.6) is 0 Å². The van der Waals surface area contributed by atoms with Gasteiger partial charge in [0.25, 0.3) is 0 Å². The van der Waals surface area contributed by atoms with Gasteiger partial charge in [0.05, 0.1) is 0 Å². The lowest BCUT2D eigenvalue weighted by Gasteiger charge is -2.33. The van der Waals surface area contributed by atoms with Crippen LogP contribution in [0.3, 0.4) is 0 Å². The summed E-state index contributed by atoms with van der Waals surface area (Å²) in [5.74, 6) is 0.818. The van der Waals surface area contributed by atoms with Crippen LogP contribution in [-0.4, -0.2) is 13.1 Å². The maximum absolute atomic E-state index is 3.50. The molecule has 0 aliphatic carbocycles. The van der Waals surface area contributed by atoms with E-state index in [-0.39, 0.29) is 0 Å². The van der Waals surface area contributed by atoms with E-state index >= 15 is 0 Å². The summed E-state index contributed by atoms with van der Waals surface area (Å²) in [6, 6.07) is 0. The summed E-state index contributed by atoms with van der Waals surface area (Å²) in [5.41, 5.74) is 0.546. The van der Waals surface area contributed by atoms with Crippen LogP contribution in [0.25, 0.3) is 0 Å². The Morgan fingerprint density at radius 1 is 1.08 bits per heavy atom. The van der Waals surface area contributed by atoms with Gasteiger partial charge in [0.1, 0.15) is 0 Å². The van der Waals surface area contributed by atoms with Crippen LogP contribution in [0.1, 0.15) is 53.9 Å². The molecule has 0 aromatic heterocycles. The third-order valence-electron chi connectivity index (χ3n) is 3.09. The minimum Gasteiger partial charge on any atom is -0.316 e. The van der Waals surface area contributed by atoms with Crippen LogP contribution >= 0.6 is 0 Å². The number of hydrogen-bond acceptors (Lipinski definition) is 1. The van der Waals surface area contributed by atoms with Crippen LogP contribution in [0.2, 0.25) is 0 Å². The SMILES string of the molecule is CCNCC(CC)(CC)CC(C)C. The van der Waals surface area contributed by atoms with Crippen LogP contribution in [0, 0.1) is 11.3 Å². The summed E-state index contributed by atoms with van der Waals surface area (Å²) in [6.45, 7) is 13.8. The van der Waals surface area contributed by atoms with Gasteiger partial charge in [0.15, 0.2) is 0 Å². The Morgan fingerprint density at radius 2 is 1.62 bits per heavy atom. The van der Waals surface area contributed by atoms with Crippen molar-refractivity contribution in [2.24, 2.45) is 11.3 Å². The molecule has 0 spiro atoms. The second-order valence-electron chi connectivity index (χ2n) is 4.59. The van der Waals surface area contributed by atoms with E-state index in [1.54, 1.807) is 0 Å². The average Bonchev–Trinajstić information content (AvgIpc) is 2.12. The van der Waals surface area contributed by atoms with Gasteiger partial charge < -0.3 is 5.32 Å². The van der Waals surface area contributed by atoms with E-state index in [1.165, 1.54) is 25.8 Å². The average molecular weight is 185 g/mol. The van der Waals surface area contributed by atoms with E-state index in [1.807, 2.05) is 0 Å². The molecule has 0 rings (SSSR count). The van der Waals surface area contributed by atoms with Crippen molar-refractivity contribution in [1.29, 1.82) is 0 Å². The molecule has 0 aliphatic heterocycles. The quantitative estimate of drug-likeness (QED) is 0.640. The van der Waals surface area contributed by atoms with Gasteiger partial charge in [-0.1, -0.05) is 34.6 Å². The topological polar surface area (TPSA) is 12.0 Å². The third-order valence-corrected chi connectivity index (χ3v) is 3.09. The third kappa shape index (κ3) is 4.66. The zero-order chi connectivity index (χ0) is 10.3. The molecule has 13 heavy (non-hydrogen) atoms. The van der Waals surface area contributed by atoms with Crippen molar-refractivity contribution in [3.63, 3.8) is 0 Å². The first kappa shape index (κ1) is 13.0. The molecule has 0 aliphatic rings. The normalized spacial score (nSPS) is 12.5. The summed E-state index contributed by atoms with van der Waals surface area (Å²) in [5, 5.41) is 3.50. The molecule has 0 saturated carbocycles. The van der Waals surface area contributed by atoms with Gasteiger partial charge in [0.2, 0.25) is 0 Å². The fraction of sp³-hybridized carbons (Fsp3) is 1.00. The van der Waals surface area contributed by atoms with Crippen LogP contribution < -0.4 is 5.32 Å². The lowest BCUT2D eigenvalue weighted by Crippen LogP contribution is -2.34. The molecule has 0 atom stereocenters. The standard InChI is InChI=1S/C12H27N/c1-6-12(7-2,9-11(4)5)10-13-8-3/h11,13H,6-10H2,1-5H3. The first-order valence-electron chi connectivity index (χ1n) is 5.81. The molecule has 0 fully saturated rings. The molecule has 0 bridgehead atoms. The Labute approximate surface area is 84.3 Å². The predicted octanol–water partition coefficient (Wildman–Crippen LogP) is 3.45. The van der Waals surface area contributed by atoms with Crippen molar-refractivity contribution >= 4 is 0 Å². The molecule has 80 valence electrons. The second-order valence-corrected chi connectivity index (χ2v) is 4.59. The van der Waals surface area contributed by atoms with Gasteiger partial charge in [-0.15, -0.1) is 0 Å². The molecule has 0 aromatic carbocycles. The molecule has 1 N–H and O–H groups in total. The molecule has 1 heteroatoms. The molecular formula is C12H27N. The highest BCUT2D eigenvalue weighted by atomic mass is 14.9. The summed E-state index contributed by atoms with van der Waals surface area (Å²) in [4.78, 5) is 0. The molecule has 0 amide bonds. The molecule has 0 saturated heterocycles. The molecular weight excluding hydrogens is 158 g/mol. The van der Waals surface area contributed by atoms with Gasteiger partial charge in [-0.2, -0.15) is 0 Å². The Hall–Kier alpha value is -0.0400. The van der Waals surface area contributed by atoms with Crippen molar-refractivity contribution in [2.75, 3.05) is 13.1 Å². The van der Waals surface area contributed by atoms with Crippen LogP contribution in [0.4, 0.5) is 0 Å². The molecule has 0 unspecified atom stereocenters. The Bertz CT molecular complexity index is 114. The van der Waals surface area contributed by atoms with E-state index < -0.39 is 0 Å². The Morgan fingerprint density at radius 3 is 1.92 bits per heavy atom. The van der Waals surface area contributed by atoms with Crippen molar-refractivity contribution in [2.45, 2.75) is 53.9 Å². The first-order chi connectivity index (χ1) is 6.10. The summed E-state index contributed by atoms with van der Waals surface area (Å²) in [7, 11) is 0. The summed E-state index contributed by atoms with van der Waals surface area (Å²) < 4.78 is 0. The van der Waals surface area contributed by atoms with Crippen LogP contribution in [0.15, 0.2) is 0 Å². The predicted molar refractivity (Wildman–Crippen MR) is 61.0 cm³/mol. The second kappa shape index (κ2) is 6.42. The van der Waals surface area contributed by atoms with E-state index in [2.05, 4.69) is 39.9 Å². The molecule has 0 heterocycles. The zero-order valence-corrected chi connectivity index (χ0v) is 10.1. The van der Waals surface area contributed by atoms with Gasteiger partial charge in [-0.05, 0) is 37.1 Å². The Balaban J connectivity index is 4.13. The minimum atomic E-state index is 0.546. The smallest absolute Gasteiger partial charge is 0.000758 e.